The predicted molar refractivity (Wildman–Crippen MR) is 86.9 cm³/mol. The van der Waals surface area contributed by atoms with Gasteiger partial charge in [-0.25, -0.2) is 0 Å². The van der Waals surface area contributed by atoms with E-state index in [4.69, 9.17) is 4.74 Å². The van der Waals surface area contributed by atoms with Crippen molar-refractivity contribution in [2.24, 2.45) is 5.92 Å². The SMILES string of the molecule is C[C@@H]1CN([C@H](C)CNC(=O)[C@@H]2CC(=O)N(C3CC3)C2)C[C@@H](C)O1. The van der Waals surface area contributed by atoms with E-state index in [0.29, 0.717) is 25.6 Å². The van der Waals surface area contributed by atoms with Crippen LogP contribution in [0.2, 0.25) is 0 Å². The lowest BCUT2D eigenvalue weighted by atomic mass is 10.1. The smallest absolute Gasteiger partial charge is 0.225 e. The number of rotatable bonds is 5. The maximum Gasteiger partial charge on any atom is 0.225 e. The molecule has 2 heterocycles. The first-order valence-electron chi connectivity index (χ1n) is 8.90. The largest absolute Gasteiger partial charge is 0.373 e. The van der Waals surface area contributed by atoms with E-state index in [2.05, 4.69) is 31.0 Å². The van der Waals surface area contributed by atoms with Crippen LogP contribution in [0.3, 0.4) is 0 Å². The Morgan fingerprint density at radius 2 is 1.91 bits per heavy atom. The first-order valence-corrected chi connectivity index (χ1v) is 8.90. The van der Waals surface area contributed by atoms with Crippen LogP contribution in [0.25, 0.3) is 0 Å². The topological polar surface area (TPSA) is 61.9 Å². The van der Waals surface area contributed by atoms with Crippen LogP contribution in [0.15, 0.2) is 0 Å². The van der Waals surface area contributed by atoms with Gasteiger partial charge in [-0.1, -0.05) is 0 Å². The summed E-state index contributed by atoms with van der Waals surface area (Å²) in [7, 11) is 0. The second kappa shape index (κ2) is 6.77. The van der Waals surface area contributed by atoms with Gasteiger partial charge in [0.15, 0.2) is 0 Å². The van der Waals surface area contributed by atoms with Gasteiger partial charge in [-0.3, -0.25) is 14.5 Å². The third kappa shape index (κ3) is 4.04. The molecule has 4 atom stereocenters. The summed E-state index contributed by atoms with van der Waals surface area (Å²) < 4.78 is 5.75. The van der Waals surface area contributed by atoms with Crippen LogP contribution < -0.4 is 5.32 Å². The first-order chi connectivity index (χ1) is 10.9. The first kappa shape index (κ1) is 16.7. The summed E-state index contributed by atoms with van der Waals surface area (Å²) in [5.41, 5.74) is 0. The maximum absolute atomic E-state index is 12.4. The number of carbonyl (C=O) groups is 2. The van der Waals surface area contributed by atoms with Gasteiger partial charge in [0.05, 0.1) is 18.1 Å². The molecular weight excluding hydrogens is 294 g/mol. The van der Waals surface area contributed by atoms with E-state index >= 15 is 0 Å². The summed E-state index contributed by atoms with van der Waals surface area (Å²) in [6, 6.07) is 0.694. The van der Waals surface area contributed by atoms with Crippen LogP contribution in [0.4, 0.5) is 0 Å². The van der Waals surface area contributed by atoms with Gasteiger partial charge >= 0.3 is 0 Å². The Morgan fingerprint density at radius 1 is 1.26 bits per heavy atom. The van der Waals surface area contributed by atoms with Crippen LogP contribution >= 0.6 is 0 Å². The Hall–Kier alpha value is -1.14. The van der Waals surface area contributed by atoms with E-state index in [1.807, 2.05) is 4.90 Å². The standard InChI is InChI=1S/C17H29N3O3/c1-11(19-8-12(2)23-13(3)9-19)7-18-17(22)14-6-16(21)20(10-14)15-4-5-15/h11-15H,4-10H2,1-3H3,(H,18,22)/t11-,12-,13-,14-/m1/s1. The summed E-state index contributed by atoms with van der Waals surface area (Å²) in [4.78, 5) is 28.6. The van der Waals surface area contributed by atoms with Gasteiger partial charge in [-0.15, -0.1) is 0 Å². The fourth-order valence-electron chi connectivity index (χ4n) is 3.75. The zero-order valence-electron chi connectivity index (χ0n) is 14.5. The average Bonchev–Trinajstić information content (AvgIpc) is 3.26. The van der Waals surface area contributed by atoms with Gasteiger partial charge < -0.3 is 15.0 Å². The highest BCUT2D eigenvalue weighted by Crippen LogP contribution is 2.32. The number of hydrogen-bond donors (Lipinski definition) is 1. The van der Waals surface area contributed by atoms with Crippen molar-refractivity contribution < 1.29 is 14.3 Å². The Morgan fingerprint density at radius 3 is 2.52 bits per heavy atom. The number of hydrogen-bond acceptors (Lipinski definition) is 4. The van der Waals surface area contributed by atoms with Crippen LogP contribution in [-0.2, 0) is 14.3 Å². The molecule has 0 bridgehead atoms. The lowest BCUT2D eigenvalue weighted by Gasteiger charge is -2.39. The number of likely N-dealkylation sites (tertiary alicyclic amines) is 1. The molecule has 0 aromatic heterocycles. The lowest BCUT2D eigenvalue weighted by molar-refractivity contribution is -0.129. The number of morpholine rings is 1. The third-order valence-corrected chi connectivity index (χ3v) is 5.16. The third-order valence-electron chi connectivity index (χ3n) is 5.16. The van der Waals surface area contributed by atoms with Crippen molar-refractivity contribution in [3.05, 3.63) is 0 Å². The molecule has 1 aliphatic carbocycles. The van der Waals surface area contributed by atoms with Gasteiger partial charge in [0.1, 0.15) is 0 Å². The van der Waals surface area contributed by atoms with Crippen molar-refractivity contribution in [1.29, 1.82) is 0 Å². The van der Waals surface area contributed by atoms with Gasteiger partial charge in [0, 0.05) is 44.7 Å². The minimum absolute atomic E-state index is 0.0303. The van der Waals surface area contributed by atoms with Crippen LogP contribution in [0, 0.1) is 5.92 Å². The second-order valence-corrected chi connectivity index (χ2v) is 7.48. The summed E-state index contributed by atoms with van der Waals surface area (Å²) >= 11 is 0. The average molecular weight is 323 g/mol. The molecule has 0 spiro atoms. The molecule has 130 valence electrons. The lowest BCUT2D eigenvalue weighted by Crippen LogP contribution is -2.52. The van der Waals surface area contributed by atoms with E-state index < -0.39 is 0 Å². The summed E-state index contributed by atoms with van der Waals surface area (Å²) in [5, 5.41) is 3.05. The maximum atomic E-state index is 12.4. The molecule has 0 aromatic rings. The molecule has 3 fully saturated rings. The van der Waals surface area contributed by atoms with Crippen LogP contribution in [-0.4, -0.2) is 72.1 Å². The molecule has 1 saturated carbocycles. The predicted octanol–water partition coefficient (Wildman–Crippen LogP) is 0.611. The molecule has 6 heteroatoms. The highest BCUT2D eigenvalue weighted by atomic mass is 16.5. The molecular formula is C17H29N3O3. The minimum atomic E-state index is -0.169. The van der Waals surface area contributed by atoms with E-state index in [1.165, 1.54) is 0 Å². The summed E-state index contributed by atoms with van der Waals surface area (Å²) in [5.74, 6) is 0.0112. The number of ether oxygens (including phenoxy) is 1. The number of carbonyl (C=O) groups excluding carboxylic acids is 2. The Labute approximate surface area is 138 Å². The number of nitrogens with one attached hydrogen (secondary N) is 1. The molecule has 23 heavy (non-hydrogen) atoms. The highest BCUT2D eigenvalue weighted by Gasteiger charge is 2.41. The van der Waals surface area contributed by atoms with Crippen molar-refractivity contribution in [1.82, 2.24) is 15.1 Å². The highest BCUT2D eigenvalue weighted by molar-refractivity contribution is 5.89. The van der Waals surface area contributed by atoms with Crippen molar-refractivity contribution in [3.63, 3.8) is 0 Å². The van der Waals surface area contributed by atoms with Crippen molar-refractivity contribution in [2.45, 2.75) is 64.3 Å². The molecule has 2 saturated heterocycles. The van der Waals surface area contributed by atoms with Gasteiger partial charge in [0.25, 0.3) is 0 Å². The van der Waals surface area contributed by atoms with E-state index in [9.17, 15) is 9.59 Å². The molecule has 3 rings (SSSR count). The minimum Gasteiger partial charge on any atom is -0.373 e. The fourth-order valence-corrected chi connectivity index (χ4v) is 3.75. The Balaban J connectivity index is 1.44. The van der Waals surface area contributed by atoms with Crippen molar-refractivity contribution in [2.75, 3.05) is 26.2 Å². The summed E-state index contributed by atoms with van der Waals surface area (Å²) in [6.07, 6.45) is 3.05. The second-order valence-electron chi connectivity index (χ2n) is 7.48. The zero-order valence-corrected chi connectivity index (χ0v) is 14.5. The molecule has 6 nitrogen and oxygen atoms in total. The molecule has 1 N–H and O–H groups in total. The molecule has 2 amide bonds. The van der Waals surface area contributed by atoms with Crippen molar-refractivity contribution in [3.8, 4) is 0 Å². The van der Waals surface area contributed by atoms with Crippen LogP contribution in [0.1, 0.15) is 40.0 Å². The molecule has 0 aromatic carbocycles. The monoisotopic (exact) mass is 323 g/mol. The number of amides is 2. The van der Waals surface area contributed by atoms with Gasteiger partial charge in [-0.2, -0.15) is 0 Å². The van der Waals surface area contributed by atoms with Crippen LogP contribution in [0.5, 0.6) is 0 Å². The molecule has 3 aliphatic rings. The molecule has 2 aliphatic heterocycles. The fraction of sp³-hybridized carbons (Fsp3) is 0.882. The Kier molecular flexibility index (Phi) is 4.92. The normalized spacial score (nSPS) is 33.8. The molecule has 0 unspecified atom stereocenters. The van der Waals surface area contributed by atoms with Crippen molar-refractivity contribution >= 4 is 11.8 Å². The van der Waals surface area contributed by atoms with Gasteiger partial charge in [-0.05, 0) is 33.6 Å². The van der Waals surface area contributed by atoms with Gasteiger partial charge in [0.2, 0.25) is 11.8 Å². The zero-order chi connectivity index (χ0) is 16.6. The number of nitrogens with zero attached hydrogens (tertiary/aromatic N) is 2. The Bertz CT molecular complexity index is 456. The summed E-state index contributed by atoms with van der Waals surface area (Å²) in [6.45, 7) is 9.36. The van der Waals surface area contributed by atoms with E-state index in [0.717, 1.165) is 25.9 Å². The van der Waals surface area contributed by atoms with E-state index in [-0.39, 0.29) is 36.0 Å². The quantitative estimate of drug-likeness (QED) is 0.805. The molecule has 0 radical (unpaired) electrons. The van der Waals surface area contributed by atoms with E-state index in [1.54, 1.807) is 0 Å².